The minimum Gasteiger partial charge on any atom is -0.459 e. The monoisotopic (exact) mass is 504 g/mol. The number of rotatable bonds is 7. The van der Waals surface area contributed by atoms with E-state index < -0.39 is 0 Å². The highest BCUT2D eigenvalue weighted by atomic mass is 16.5. The van der Waals surface area contributed by atoms with Crippen LogP contribution in [0, 0.1) is 40.4 Å². The Morgan fingerprint density at radius 2 is 1.78 bits per heavy atom. The quantitative estimate of drug-likeness (QED) is 0.349. The first-order valence-corrected chi connectivity index (χ1v) is 15.2. The summed E-state index contributed by atoms with van der Waals surface area (Å²) in [5, 5.41) is 0. The van der Waals surface area contributed by atoms with Gasteiger partial charge in [-0.2, -0.15) is 0 Å². The second kappa shape index (κ2) is 10.3. The van der Waals surface area contributed by atoms with Crippen LogP contribution in [0.5, 0.6) is 0 Å². The Bertz CT molecular complexity index is 1040. The lowest BCUT2D eigenvalue weighted by Gasteiger charge is -2.54. The summed E-state index contributed by atoms with van der Waals surface area (Å²) in [6.07, 6.45) is 12.1. The van der Waals surface area contributed by atoms with Crippen molar-refractivity contribution in [2.75, 3.05) is 0 Å². The van der Waals surface area contributed by atoms with E-state index in [0.717, 1.165) is 43.4 Å². The van der Waals surface area contributed by atoms with Gasteiger partial charge in [0.15, 0.2) is 5.78 Å². The van der Waals surface area contributed by atoms with Gasteiger partial charge in [-0.25, -0.2) is 4.79 Å². The number of esters is 1. The number of carbonyl (C=O) groups excluding carboxylic acids is 2. The maximum atomic E-state index is 13.8. The van der Waals surface area contributed by atoms with E-state index in [9.17, 15) is 9.59 Å². The predicted molar refractivity (Wildman–Crippen MR) is 149 cm³/mol. The standard InChI is InChI=1S/C34H48O3/c1-22(2)10-9-11-23(3)27-14-15-28-31-29(17-19-34(27,28)5)33(4)18-16-26(20-25(33)21-30(31)35)37-32(36)24-12-7-6-8-13-24/h6-8,12-13,22-23,25-28H,9-11,14-21H2,1-5H3/t23-,25-,26+,27-,28+,33+,34-/m1/s1. The first-order chi connectivity index (χ1) is 17.6. The van der Waals surface area contributed by atoms with Crippen molar-refractivity contribution in [1.82, 2.24) is 0 Å². The van der Waals surface area contributed by atoms with Crippen molar-refractivity contribution in [2.24, 2.45) is 40.4 Å². The molecule has 4 aliphatic carbocycles. The number of allylic oxidation sites excluding steroid dienone is 2. The number of hydrogen-bond acceptors (Lipinski definition) is 3. The fourth-order valence-electron chi connectivity index (χ4n) is 9.08. The van der Waals surface area contributed by atoms with E-state index in [1.807, 2.05) is 30.3 Å². The number of benzene rings is 1. The van der Waals surface area contributed by atoms with Gasteiger partial charge in [0, 0.05) is 6.42 Å². The molecule has 0 unspecified atom stereocenters. The van der Waals surface area contributed by atoms with Crippen molar-refractivity contribution in [3.05, 3.63) is 47.0 Å². The molecule has 5 rings (SSSR count). The molecule has 202 valence electrons. The Hall–Kier alpha value is -1.90. The van der Waals surface area contributed by atoms with Gasteiger partial charge in [0.2, 0.25) is 0 Å². The van der Waals surface area contributed by atoms with Crippen molar-refractivity contribution in [3.63, 3.8) is 0 Å². The highest BCUT2D eigenvalue weighted by Crippen LogP contribution is 2.65. The highest BCUT2D eigenvalue weighted by molar-refractivity contribution is 5.98. The second-order valence-electron chi connectivity index (χ2n) is 13.8. The number of ether oxygens (including phenoxy) is 1. The zero-order valence-corrected chi connectivity index (χ0v) is 23.9. The Morgan fingerprint density at radius 1 is 1.03 bits per heavy atom. The second-order valence-corrected chi connectivity index (χ2v) is 13.8. The van der Waals surface area contributed by atoms with E-state index in [-0.39, 0.29) is 28.8 Å². The molecule has 0 aromatic heterocycles. The van der Waals surface area contributed by atoms with E-state index in [2.05, 4.69) is 34.6 Å². The van der Waals surface area contributed by atoms with Gasteiger partial charge < -0.3 is 4.74 Å². The van der Waals surface area contributed by atoms with Gasteiger partial charge in [-0.1, -0.05) is 77.7 Å². The SMILES string of the molecule is CC(C)CCC[C@@H](C)[C@H]1CC[C@H]2C3=C(CC[C@]12C)[C@@]1(C)CC[C@H](OC(=O)c2ccccc2)C[C@@H]1CC3=O. The van der Waals surface area contributed by atoms with E-state index in [4.69, 9.17) is 4.74 Å². The van der Waals surface area contributed by atoms with Crippen molar-refractivity contribution in [2.45, 2.75) is 111 Å². The molecule has 1 aromatic rings. The summed E-state index contributed by atoms with van der Waals surface area (Å²) in [7, 11) is 0. The summed E-state index contributed by atoms with van der Waals surface area (Å²) in [5.74, 6) is 3.19. The molecule has 0 spiro atoms. The lowest BCUT2D eigenvalue weighted by Crippen LogP contribution is -2.48. The predicted octanol–water partition coefficient (Wildman–Crippen LogP) is 8.58. The van der Waals surface area contributed by atoms with Gasteiger partial charge in [-0.15, -0.1) is 0 Å². The van der Waals surface area contributed by atoms with E-state index in [1.165, 1.54) is 49.7 Å². The van der Waals surface area contributed by atoms with Gasteiger partial charge in [0.1, 0.15) is 6.10 Å². The Morgan fingerprint density at radius 3 is 2.51 bits per heavy atom. The molecule has 37 heavy (non-hydrogen) atoms. The molecule has 4 aliphatic rings. The van der Waals surface area contributed by atoms with Crippen LogP contribution in [-0.2, 0) is 9.53 Å². The fourth-order valence-corrected chi connectivity index (χ4v) is 9.08. The average Bonchev–Trinajstić information content (AvgIpc) is 3.22. The lowest BCUT2D eigenvalue weighted by molar-refractivity contribution is -0.121. The molecule has 0 radical (unpaired) electrons. The molecule has 2 fully saturated rings. The van der Waals surface area contributed by atoms with Crippen molar-refractivity contribution < 1.29 is 14.3 Å². The van der Waals surface area contributed by atoms with Crippen LogP contribution in [-0.4, -0.2) is 17.9 Å². The van der Waals surface area contributed by atoms with Gasteiger partial charge in [-0.3, -0.25) is 4.79 Å². The molecule has 0 aliphatic heterocycles. The summed E-state index contributed by atoms with van der Waals surface area (Å²) < 4.78 is 5.95. The topological polar surface area (TPSA) is 43.4 Å². The third-order valence-corrected chi connectivity index (χ3v) is 11.3. The third-order valence-electron chi connectivity index (χ3n) is 11.3. The number of fused-ring (bicyclic) bond motifs is 4. The Kier molecular flexibility index (Phi) is 7.46. The molecule has 3 nitrogen and oxygen atoms in total. The molecule has 0 saturated heterocycles. The molecule has 2 saturated carbocycles. The van der Waals surface area contributed by atoms with Crippen molar-refractivity contribution in [1.29, 1.82) is 0 Å². The molecule has 7 atom stereocenters. The van der Waals surface area contributed by atoms with Crippen LogP contribution in [0.2, 0.25) is 0 Å². The molecule has 0 amide bonds. The number of ketones is 1. The van der Waals surface area contributed by atoms with Crippen LogP contribution >= 0.6 is 0 Å². The molecule has 0 heterocycles. The summed E-state index contributed by atoms with van der Waals surface area (Å²) in [5.41, 5.74) is 3.72. The van der Waals surface area contributed by atoms with Gasteiger partial charge in [0.25, 0.3) is 0 Å². The largest absolute Gasteiger partial charge is 0.459 e. The maximum Gasteiger partial charge on any atom is 0.338 e. The van der Waals surface area contributed by atoms with Gasteiger partial charge in [0.05, 0.1) is 5.56 Å². The zero-order valence-electron chi connectivity index (χ0n) is 23.9. The summed E-state index contributed by atoms with van der Waals surface area (Å²) >= 11 is 0. The molecule has 3 heteroatoms. The first kappa shape index (κ1) is 26.7. The Labute approximate surface area is 224 Å². The smallest absolute Gasteiger partial charge is 0.338 e. The van der Waals surface area contributed by atoms with Crippen LogP contribution in [0.4, 0.5) is 0 Å². The van der Waals surface area contributed by atoms with E-state index in [0.29, 0.717) is 23.7 Å². The highest BCUT2D eigenvalue weighted by Gasteiger charge is 2.58. The van der Waals surface area contributed by atoms with Gasteiger partial charge in [-0.05, 0) is 103 Å². The van der Waals surface area contributed by atoms with E-state index >= 15 is 0 Å². The fraction of sp³-hybridized carbons (Fsp3) is 0.706. The van der Waals surface area contributed by atoms with Crippen LogP contribution in [0.1, 0.15) is 116 Å². The van der Waals surface area contributed by atoms with Crippen LogP contribution in [0.15, 0.2) is 41.5 Å². The van der Waals surface area contributed by atoms with Crippen LogP contribution in [0.3, 0.4) is 0 Å². The molecular weight excluding hydrogens is 456 g/mol. The van der Waals surface area contributed by atoms with Gasteiger partial charge >= 0.3 is 5.97 Å². The molecule has 0 bridgehead atoms. The summed E-state index contributed by atoms with van der Waals surface area (Å²) in [6.45, 7) is 12.1. The third kappa shape index (κ3) is 4.85. The molecule has 0 N–H and O–H groups in total. The molecular formula is C34H48O3. The average molecular weight is 505 g/mol. The lowest BCUT2D eigenvalue weighted by atomic mass is 9.50. The number of carbonyl (C=O) groups is 2. The maximum absolute atomic E-state index is 13.8. The van der Waals surface area contributed by atoms with E-state index in [1.54, 1.807) is 0 Å². The van der Waals surface area contributed by atoms with Crippen LogP contribution in [0.25, 0.3) is 0 Å². The summed E-state index contributed by atoms with van der Waals surface area (Å²) in [4.78, 5) is 26.5. The first-order valence-electron chi connectivity index (χ1n) is 15.2. The van der Waals surface area contributed by atoms with Crippen LogP contribution < -0.4 is 0 Å². The minimum absolute atomic E-state index is 0.0845. The Balaban J connectivity index is 1.31. The number of Topliss-reactive ketones (excluding diaryl/α,β-unsaturated/α-hetero) is 1. The number of hydrogen-bond donors (Lipinski definition) is 0. The normalized spacial score (nSPS) is 36.1. The summed E-state index contributed by atoms with van der Waals surface area (Å²) in [6, 6.07) is 9.29. The van der Waals surface area contributed by atoms with Crippen molar-refractivity contribution in [3.8, 4) is 0 Å². The zero-order chi connectivity index (χ0) is 26.4. The van der Waals surface area contributed by atoms with Crippen molar-refractivity contribution >= 4 is 11.8 Å². The minimum atomic E-state index is -0.232. The molecule has 1 aromatic carbocycles.